The van der Waals surface area contributed by atoms with Crippen LogP contribution in [0, 0.1) is 12.7 Å². The molecule has 8 heteroatoms. The second-order valence-electron chi connectivity index (χ2n) is 6.47. The Hall–Kier alpha value is -1.21. The monoisotopic (exact) mass is 433 g/mol. The summed E-state index contributed by atoms with van der Waals surface area (Å²) in [6.07, 6.45) is 2.58. The fraction of sp³-hybridized carbons (Fsp3) is 0.474. The smallest absolute Gasteiger partial charge is 0.266 e. The van der Waals surface area contributed by atoms with E-state index in [4.69, 9.17) is 0 Å². The molecular weight excluding hydrogens is 408 g/mol. The van der Waals surface area contributed by atoms with Gasteiger partial charge in [-0.25, -0.2) is 9.37 Å². The molecule has 0 aliphatic carbocycles. The lowest BCUT2D eigenvalue weighted by Gasteiger charge is -2.27. The molecule has 150 valence electrons. The zero-order chi connectivity index (χ0) is 17.8. The van der Waals surface area contributed by atoms with Gasteiger partial charge in [-0.2, -0.15) is 0 Å². The normalized spacial score (nSPS) is 15.7. The van der Waals surface area contributed by atoms with Crippen LogP contribution in [0.1, 0.15) is 45.7 Å². The van der Waals surface area contributed by atoms with Crippen LogP contribution in [0.5, 0.6) is 0 Å². The number of hydrogen-bond acceptors (Lipinski definition) is 4. The van der Waals surface area contributed by atoms with Gasteiger partial charge in [0.1, 0.15) is 10.7 Å². The summed E-state index contributed by atoms with van der Waals surface area (Å²) < 4.78 is 13.0. The van der Waals surface area contributed by atoms with E-state index >= 15 is 0 Å². The third-order valence-corrected chi connectivity index (χ3v) is 5.65. The fourth-order valence-electron chi connectivity index (χ4n) is 3.23. The van der Waals surface area contributed by atoms with Gasteiger partial charge in [-0.05, 0) is 44.0 Å². The van der Waals surface area contributed by atoms with Crippen LogP contribution in [0.2, 0.25) is 0 Å². The topological polar surface area (TPSA) is 45.2 Å². The van der Waals surface area contributed by atoms with E-state index in [1.54, 1.807) is 12.1 Å². The highest BCUT2D eigenvalue weighted by Crippen LogP contribution is 2.24. The van der Waals surface area contributed by atoms with Crippen molar-refractivity contribution in [1.82, 2.24) is 15.2 Å². The Kier molecular flexibility index (Phi) is 9.67. The molecule has 1 N–H and O–H groups in total. The number of carbonyl (C=O) groups is 1. The van der Waals surface area contributed by atoms with Crippen LogP contribution in [-0.4, -0.2) is 41.5 Å². The number of aromatic nitrogens is 1. The number of hydrogen-bond donors (Lipinski definition) is 1. The molecule has 0 saturated carbocycles. The first-order chi connectivity index (χ1) is 12.1. The van der Waals surface area contributed by atoms with E-state index in [0.717, 1.165) is 53.6 Å². The van der Waals surface area contributed by atoms with Crippen LogP contribution in [0.15, 0.2) is 24.3 Å². The van der Waals surface area contributed by atoms with Crippen molar-refractivity contribution in [2.24, 2.45) is 0 Å². The van der Waals surface area contributed by atoms with Crippen molar-refractivity contribution >= 4 is 42.1 Å². The molecule has 3 rings (SSSR count). The van der Waals surface area contributed by atoms with Gasteiger partial charge in [0.05, 0.1) is 10.7 Å². The average molecular weight is 434 g/mol. The SMILES string of the molecule is CCCN(C(=O)c1sc(Cc2ccc(F)cc2)nc1C)C1CCNC1.Cl.Cl. The summed E-state index contributed by atoms with van der Waals surface area (Å²) >= 11 is 1.46. The maximum absolute atomic E-state index is 13.1. The first kappa shape index (κ1) is 23.8. The van der Waals surface area contributed by atoms with Crippen LogP contribution in [0.4, 0.5) is 4.39 Å². The number of benzene rings is 1. The van der Waals surface area contributed by atoms with Crippen molar-refractivity contribution in [3.63, 3.8) is 0 Å². The highest BCUT2D eigenvalue weighted by atomic mass is 35.5. The van der Waals surface area contributed by atoms with E-state index in [9.17, 15) is 9.18 Å². The van der Waals surface area contributed by atoms with Crippen LogP contribution in [0.3, 0.4) is 0 Å². The number of aryl methyl sites for hydroxylation is 1. The molecule has 0 spiro atoms. The lowest BCUT2D eigenvalue weighted by Crippen LogP contribution is -2.42. The molecule has 27 heavy (non-hydrogen) atoms. The highest BCUT2D eigenvalue weighted by Gasteiger charge is 2.29. The van der Waals surface area contributed by atoms with Gasteiger partial charge < -0.3 is 10.2 Å². The average Bonchev–Trinajstić information content (AvgIpc) is 3.24. The molecule has 1 saturated heterocycles. The maximum atomic E-state index is 13.1. The lowest BCUT2D eigenvalue weighted by molar-refractivity contribution is 0.0696. The van der Waals surface area contributed by atoms with E-state index in [-0.39, 0.29) is 42.6 Å². The Morgan fingerprint density at radius 2 is 2.04 bits per heavy atom. The minimum atomic E-state index is -0.240. The van der Waals surface area contributed by atoms with Gasteiger partial charge >= 0.3 is 0 Å². The number of rotatable bonds is 6. The summed E-state index contributed by atoms with van der Waals surface area (Å²) in [6, 6.07) is 6.72. The molecule has 0 radical (unpaired) electrons. The Morgan fingerprint density at radius 1 is 1.33 bits per heavy atom. The highest BCUT2D eigenvalue weighted by molar-refractivity contribution is 7.13. The summed E-state index contributed by atoms with van der Waals surface area (Å²) in [6.45, 7) is 6.61. The molecule has 1 fully saturated rings. The third kappa shape index (κ3) is 5.88. The largest absolute Gasteiger partial charge is 0.334 e. The van der Waals surface area contributed by atoms with Gasteiger partial charge in [-0.3, -0.25) is 4.79 Å². The number of halogens is 3. The molecule has 2 aromatic rings. The molecule has 1 aromatic heterocycles. The molecule has 0 bridgehead atoms. The molecule has 1 aromatic carbocycles. The second kappa shape index (κ2) is 11.0. The maximum Gasteiger partial charge on any atom is 0.266 e. The minimum Gasteiger partial charge on any atom is -0.334 e. The van der Waals surface area contributed by atoms with Crippen LogP contribution in [0.25, 0.3) is 0 Å². The standard InChI is InChI=1S/C19H24FN3OS.2ClH/c1-3-10-23(16-8-9-21-12-16)19(24)18-13(2)22-17(25-18)11-14-4-6-15(20)7-5-14;;/h4-7,16,21H,3,8-12H2,1-2H3;2*1H. The van der Waals surface area contributed by atoms with Crippen molar-refractivity contribution in [1.29, 1.82) is 0 Å². The van der Waals surface area contributed by atoms with Gasteiger partial charge in [0.25, 0.3) is 5.91 Å². The Balaban J connectivity index is 0.00000182. The van der Waals surface area contributed by atoms with E-state index in [1.807, 2.05) is 11.8 Å². The zero-order valence-electron chi connectivity index (χ0n) is 15.5. The number of thiazole rings is 1. The van der Waals surface area contributed by atoms with E-state index < -0.39 is 0 Å². The molecule has 2 heterocycles. The predicted octanol–water partition coefficient (Wildman–Crippen LogP) is 4.24. The summed E-state index contributed by atoms with van der Waals surface area (Å²) in [5.74, 6) is -0.147. The number of nitrogens with zero attached hydrogens (tertiary/aromatic N) is 2. The molecule has 1 amide bonds. The summed E-state index contributed by atoms with van der Waals surface area (Å²) in [5.41, 5.74) is 1.79. The van der Waals surface area contributed by atoms with Crippen LogP contribution >= 0.6 is 36.2 Å². The summed E-state index contributed by atoms with van der Waals surface area (Å²) in [4.78, 5) is 20.4. The molecule has 1 unspecified atom stereocenters. The molecule has 4 nitrogen and oxygen atoms in total. The van der Waals surface area contributed by atoms with Crippen molar-refractivity contribution in [3.8, 4) is 0 Å². The molecule has 1 aliphatic rings. The Morgan fingerprint density at radius 3 is 2.63 bits per heavy atom. The van der Waals surface area contributed by atoms with Crippen LogP contribution in [-0.2, 0) is 6.42 Å². The summed E-state index contributed by atoms with van der Waals surface area (Å²) in [7, 11) is 0. The fourth-order valence-corrected chi connectivity index (χ4v) is 4.28. The van der Waals surface area contributed by atoms with Crippen molar-refractivity contribution < 1.29 is 9.18 Å². The summed E-state index contributed by atoms with van der Waals surface area (Å²) in [5, 5.41) is 4.23. The van der Waals surface area contributed by atoms with Gasteiger partial charge in [0, 0.05) is 25.6 Å². The second-order valence-corrected chi connectivity index (χ2v) is 7.55. The lowest BCUT2D eigenvalue weighted by atomic mass is 10.1. The van der Waals surface area contributed by atoms with Gasteiger partial charge in [-0.1, -0.05) is 19.1 Å². The van der Waals surface area contributed by atoms with Crippen molar-refractivity contribution in [2.75, 3.05) is 19.6 Å². The first-order valence-electron chi connectivity index (χ1n) is 8.81. The van der Waals surface area contributed by atoms with E-state index in [1.165, 1.54) is 23.5 Å². The van der Waals surface area contributed by atoms with E-state index in [2.05, 4.69) is 17.2 Å². The van der Waals surface area contributed by atoms with Gasteiger partial charge in [0.15, 0.2) is 0 Å². The Bertz CT molecular complexity index is 733. The predicted molar refractivity (Wildman–Crippen MR) is 113 cm³/mol. The molecule has 1 aliphatic heterocycles. The Labute approximate surface area is 176 Å². The number of amides is 1. The minimum absolute atomic E-state index is 0. The van der Waals surface area contributed by atoms with Crippen molar-refractivity contribution in [3.05, 3.63) is 51.2 Å². The van der Waals surface area contributed by atoms with E-state index in [0.29, 0.717) is 6.42 Å². The number of carbonyl (C=O) groups excluding carboxylic acids is 1. The molecular formula is C19H26Cl2FN3OS. The van der Waals surface area contributed by atoms with Crippen LogP contribution < -0.4 is 5.32 Å². The van der Waals surface area contributed by atoms with Gasteiger partial charge in [0.2, 0.25) is 0 Å². The van der Waals surface area contributed by atoms with Gasteiger partial charge in [-0.15, -0.1) is 36.2 Å². The first-order valence-corrected chi connectivity index (χ1v) is 9.62. The number of nitrogens with one attached hydrogen (secondary N) is 1. The quantitative estimate of drug-likeness (QED) is 0.740. The van der Waals surface area contributed by atoms with Crippen molar-refractivity contribution in [2.45, 2.75) is 39.2 Å². The molecule has 1 atom stereocenters. The third-order valence-electron chi connectivity index (χ3n) is 4.50. The zero-order valence-corrected chi connectivity index (χ0v) is 18.0.